The number of halogens is 1. The van der Waals surface area contributed by atoms with Gasteiger partial charge in [-0.3, -0.25) is 4.79 Å². The quantitative estimate of drug-likeness (QED) is 0.923. The van der Waals surface area contributed by atoms with Crippen LogP contribution in [0.2, 0.25) is 0 Å². The van der Waals surface area contributed by atoms with Gasteiger partial charge in [-0.25, -0.2) is 0 Å². The van der Waals surface area contributed by atoms with Crippen molar-refractivity contribution in [1.82, 2.24) is 9.88 Å². The highest BCUT2D eigenvalue weighted by Gasteiger charge is 2.10. The Balaban J connectivity index is 1.91. The lowest BCUT2D eigenvalue weighted by atomic mass is 10.1. The molecule has 0 aliphatic carbocycles. The van der Waals surface area contributed by atoms with Gasteiger partial charge in [0, 0.05) is 24.3 Å². The molecule has 4 heteroatoms. The van der Waals surface area contributed by atoms with Crippen molar-refractivity contribution in [2.45, 2.75) is 13.3 Å². The van der Waals surface area contributed by atoms with Crippen molar-refractivity contribution in [3.05, 3.63) is 57.8 Å². The van der Waals surface area contributed by atoms with Gasteiger partial charge in [0.1, 0.15) is 5.69 Å². The molecular formula is C15H17BrN2O. The van der Waals surface area contributed by atoms with Crippen LogP contribution in [0, 0.1) is 6.92 Å². The predicted octanol–water partition coefficient (Wildman–Crippen LogP) is 3.07. The van der Waals surface area contributed by atoms with E-state index in [1.807, 2.05) is 36.0 Å². The van der Waals surface area contributed by atoms with E-state index in [1.54, 1.807) is 0 Å². The van der Waals surface area contributed by atoms with Gasteiger partial charge in [0.05, 0.1) is 0 Å². The molecule has 100 valence electrons. The minimum atomic E-state index is -0.0400. The Kier molecular flexibility index (Phi) is 4.43. The average molecular weight is 321 g/mol. The summed E-state index contributed by atoms with van der Waals surface area (Å²) in [5.41, 5.74) is 3.20. The number of nitrogens with zero attached hydrogens (tertiary/aromatic N) is 1. The summed E-state index contributed by atoms with van der Waals surface area (Å²) < 4.78 is 2.73. The van der Waals surface area contributed by atoms with Crippen LogP contribution in [0.4, 0.5) is 0 Å². The Morgan fingerprint density at radius 2 is 2.11 bits per heavy atom. The van der Waals surface area contributed by atoms with Crippen molar-refractivity contribution in [3.8, 4) is 0 Å². The molecule has 1 heterocycles. The second-order valence-electron chi connectivity index (χ2n) is 4.59. The zero-order valence-electron chi connectivity index (χ0n) is 11.1. The second-order valence-corrected chi connectivity index (χ2v) is 5.50. The summed E-state index contributed by atoms with van der Waals surface area (Å²) in [5, 5.41) is 2.95. The fourth-order valence-electron chi connectivity index (χ4n) is 2.04. The molecule has 0 atom stereocenters. The van der Waals surface area contributed by atoms with Gasteiger partial charge in [0.25, 0.3) is 5.91 Å². The van der Waals surface area contributed by atoms with Gasteiger partial charge in [0.15, 0.2) is 0 Å². The summed E-state index contributed by atoms with van der Waals surface area (Å²) in [6, 6.07) is 10.1. The molecule has 1 aromatic heterocycles. The van der Waals surface area contributed by atoms with Crippen molar-refractivity contribution in [1.29, 1.82) is 0 Å². The fourth-order valence-corrected chi connectivity index (χ4v) is 2.57. The number of hydrogen-bond donors (Lipinski definition) is 1. The number of aryl methyl sites for hydroxylation is 2. The van der Waals surface area contributed by atoms with E-state index in [-0.39, 0.29) is 5.91 Å². The number of hydrogen-bond acceptors (Lipinski definition) is 1. The Hall–Kier alpha value is -1.55. The number of aromatic nitrogens is 1. The van der Waals surface area contributed by atoms with Crippen molar-refractivity contribution in [2.75, 3.05) is 6.54 Å². The maximum atomic E-state index is 12.0. The van der Waals surface area contributed by atoms with Gasteiger partial charge in [-0.1, -0.05) is 24.3 Å². The first-order valence-corrected chi connectivity index (χ1v) is 7.02. The Bertz CT molecular complexity index is 590. The van der Waals surface area contributed by atoms with E-state index in [0.717, 1.165) is 10.9 Å². The van der Waals surface area contributed by atoms with Crippen LogP contribution >= 0.6 is 15.9 Å². The molecule has 0 aliphatic heterocycles. The first-order valence-electron chi connectivity index (χ1n) is 6.22. The minimum Gasteiger partial charge on any atom is -0.350 e. The summed E-state index contributed by atoms with van der Waals surface area (Å²) in [6.45, 7) is 2.73. The topological polar surface area (TPSA) is 34.0 Å². The number of amides is 1. The number of nitrogens with one attached hydrogen (secondary N) is 1. The molecule has 1 N–H and O–H groups in total. The third-order valence-corrected chi connectivity index (χ3v) is 3.58. The maximum Gasteiger partial charge on any atom is 0.267 e. The first-order chi connectivity index (χ1) is 9.08. The van der Waals surface area contributed by atoms with E-state index in [9.17, 15) is 4.79 Å². The molecule has 3 nitrogen and oxygen atoms in total. The van der Waals surface area contributed by atoms with E-state index in [2.05, 4.69) is 40.3 Å². The molecular weight excluding hydrogens is 304 g/mol. The lowest BCUT2D eigenvalue weighted by molar-refractivity contribution is 0.0946. The summed E-state index contributed by atoms with van der Waals surface area (Å²) >= 11 is 3.36. The van der Waals surface area contributed by atoms with E-state index in [4.69, 9.17) is 0 Å². The zero-order chi connectivity index (χ0) is 13.8. The van der Waals surface area contributed by atoms with Crippen LogP contribution in [-0.4, -0.2) is 17.0 Å². The number of rotatable bonds is 4. The largest absolute Gasteiger partial charge is 0.350 e. The molecule has 0 bridgehead atoms. The molecule has 2 aromatic rings. The molecule has 0 radical (unpaired) electrons. The third kappa shape index (κ3) is 3.47. The Morgan fingerprint density at radius 1 is 1.37 bits per heavy atom. The molecule has 0 fully saturated rings. The number of carbonyl (C=O) groups excluding carboxylic acids is 1. The molecule has 2 rings (SSSR count). The van der Waals surface area contributed by atoms with E-state index in [1.165, 1.54) is 11.1 Å². The second kappa shape index (κ2) is 6.06. The van der Waals surface area contributed by atoms with Crippen LogP contribution in [0.1, 0.15) is 21.6 Å². The van der Waals surface area contributed by atoms with Gasteiger partial charge in [-0.2, -0.15) is 0 Å². The van der Waals surface area contributed by atoms with Gasteiger partial charge < -0.3 is 9.88 Å². The smallest absolute Gasteiger partial charge is 0.267 e. The van der Waals surface area contributed by atoms with Crippen LogP contribution in [0.5, 0.6) is 0 Å². The molecule has 0 aliphatic rings. The van der Waals surface area contributed by atoms with Crippen LogP contribution in [0.25, 0.3) is 0 Å². The minimum absolute atomic E-state index is 0.0400. The number of carbonyl (C=O) groups is 1. The van der Waals surface area contributed by atoms with Gasteiger partial charge >= 0.3 is 0 Å². The van der Waals surface area contributed by atoms with Crippen LogP contribution < -0.4 is 5.32 Å². The van der Waals surface area contributed by atoms with Gasteiger partial charge in [-0.15, -0.1) is 0 Å². The fraction of sp³-hybridized carbons (Fsp3) is 0.267. The normalized spacial score (nSPS) is 10.5. The molecule has 1 aromatic carbocycles. The van der Waals surface area contributed by atoms with Crippen LogP contribution in [-0.2, 0) is 13.5 Å². The van der Waals surface area contributed by atoms with E-state index in [0.29, 0.717) is 12.2 Å². The highest BCUT2D eigenvalue weighted by molar-refractivity contribution is 9.10. The highest BCUT2D eigenvalue weighted by atomic mass is 79.9. The molecule has 0 saturated heterocycles. The maximum absolute atomic E-state index is 12.0. The van der Waals surface area contributed by atoms with Crippen molar-refractivity contribution in [3.63, 3.8) is 0 Å². The number of benzene rings is 1. The lowest BCUT2D eigenvalue weighted by Gasteiger charge is -2.08. The summed E-state index contributed by atoms with van der Waals surface area (Å²) in [6.07, 6.45) is 2.72. The lowest BCUT2D eigenvalue weighted by Crippen LogP contribution is -2.27. The van der Waals surface area contributed by atoms with Crippen molar-refractivity contribution in [2.24, 2.45) is 7.05 Å². The molecule has 0 saturated carbocycles. The van der Waals surface area contributed by atoms with E-state index < -0.39 is 0 Å². The molecule has 0 spiro atoms. The predicted molar refractivity (Wildman–Crippen MR) is 80.3 cm³/mol. The average Bonchev–Trinajstić information content (AvgIpc) is 2.71. The zero-order valence-corrected chi connectivity index (χ0v) is 12.7. The highest BCUT2D eigenvalue weighted by Crippen LogP contribution is 2.13. The van der Waals surface area contributed by atoms with E-state index >= 15 is 0 Å². The summed E-state index contributed by atoms with van der Waals surface area (Å²) in [7, 11) is 1.86. The Morgan fingerprint density at radius 3 is 2.74 bits per heavy atom. The van der Waals surface area contributed by atoms with Crippen LogP contribution in [0.3, 0.4) is 0 Å². The van der Waals surface area contributed by atoms with Gasteiger partial charge in [-0.05, 0) is 46.5 Å². The van der Waals surface area contributed by atoms with Crippen LogP contribution in [0.15, 0.2) is 41.0 Å². The third-order valence-electron chi connectivity index (χ3n) is 3.15. The van der Waals surface area contributed by atoms with Crippen molar-refractivity contribution < 1.29 is 4.79 Å². The summed E-state index contributed by atoms with van der Waals surface area (Å²) in [4.78, 5) is 12.0. The molecule has 1 amide bonds. The monoisotopic (exact) mass is 320 g/mol. The van der Waals surface area contributed by atoms with Crippen molar-refractivity contribution >= 4 is 21.8 Å². The SMILES string of the molecule is Cc1ccccc1CCNC(=O)c1cc(Br)cn1C. The first kappa shape index (κ1) is 13.9. The summed E-state index contributed by atoms with van der Waals surface area (Å²) in [5.74, 6) is -0.0400. The standard InChI is InChI=1S/C15H17BrN2O/c1-11-5-3-4-6-12(11)7-8-17-15(19)14-9-13(16)10-18(14)2/h3-6,9-10H,7-8H2,1-2H3,(H,17,19). The molecule has 19 heavy (non-hydrogen) atoms. The molecule has 0 unspecified atom stereocenters. The van der Waals surface area contributed by atoms with Gasteiger partial charge in [0.2, 0.25) is 0 Å². The Labute approximate surface area is 121 Å².